The van der Waals surface area contributed by atoms with Gasteiger partial charge >= 0.3 is 0 Å². The van der Waals surface area contributed by atoms with Crippen molar-refractivity contribution in [3.8, 4) is 0 Å². The zero-order valence-corrected chi connectivity index (χ0v) is 10.5. The molecule has 1 unspecified atom stereocenters. The second kappa shape index (κ2) is 5.02. The van der Waals surface area contributed by atoms with Crippen molar-refractivity contribution in [3.05, 3.63) is 29.8 Å². The number of methoxy groups -OCH3 is 1. The van der Waals surface area contributed by atoms with Crippen LogP contribution in [0.4, 0.5) is 4.39 Å². The van der Waals surface area contributed by atoms with E-state index in [4.69, 9.17) is 16.3 Å². The fourth-order valence-corrected chi connectivity index (χ4v) is 2.01. The first-order valence-corrected chi connectivity index (χ1v) is 5.86. The number of hydrogen-bond donors (Lipinski definition) is 0. The van der Waals surface area contributed by atoms with Crippen molar-refractivity contribution in [1.29, 1.82) is 0 Å². The third-order valence-corrected chi connectivity index (χ3v) is 2.81. The molecule has 1 atom stereocenters. The molecule has 0 saturated carbocycles. The zero-order chi connectivity index (χ0) is 12.4. The number of alkyl halides is 1. The molecule has 0 spiro atoms. The highest BCUT2D eigenvalue weighted by atomic mass is 35.5. The fourth-order valence-electron chi connectivity index (χ4n) is 1.84. The van der Waals surface area contributed by atoms with Crippen molar-refractivity contribution in [1.82, 2.24) is 9.55 Å². The number of fused-ring (bicyclic) bond motifs is 1. The number of hydrogen-bond acceptors (Lipinski definition) is 2. The third-order valence-electron chi connectivity index (χ3n) is 2.61. The molecule has 1 heterocycles. The quantitative estimate of drug-likeness (QED) is 0.786. The highest BCUT2D eigenvalue weighted by Gasteiger charge is 2.14. The van der Waals surface area contributed by atoms with E-state index in [0.717, 1.165) is 11.3 Å². The molecule has 3 nitrogen and oxygen atoms in total. The summed E-state index contributed by atoms with van der Waals surface area (Å²) in [6.07, 6.45) is 0. The van der Waals surface area contributed by atoms with E-state index in [1.165, 1.54) is 12.1 Å². The lowest BCUT2D eigenvalue weighted by atomic mass is 10.3. The second-order valence-electron chi connectivity index (χ2n) is 3.86. The maximum atomic E-state index is 13.1. The monoisotopic (exact) mass is 256 g/mol. The molecule has 5 heteroatoms. The van der Waals surface area contributed by atoms with E-state index in [9.17, 15) is 4.39 Å². The van der Waals surface area contributed by atoms with Crippen LogP contribution in [0, 0.1) is 5.82 Å². The normalized spacial score (nSPS) is 13.2. The van der Waals surface area contributed by atoms with Gasteiger partial charge in [-0.3, -0.25) is 0 Å². The molecule has 0 bridgehead atoms. The van der Waals surface area contributed by atoms with Crippen molar-refractivity contribution in [2.24, 2.45) is 0 Å². The highest BCUT2D eigenvalue weighted by Crippen LogP contribution is 2.24. The lowest BCUT2D eigenvalue weighted by Gasteiger charge is -2.09. The molecule has 0 aliphatic heterocycles. The lowest BCUT2D eigenvalue weighted by molar-refractivity contribution is 0.187. The SMILES string of the molecule is COCCn1c(C(C)Cl)nc2cc(F)ccc21. The van der Waals surface area contributed by atoms with Gasteiger partial charge in [-0.15, -0.1) is 11.6 Å². The van der Waals surface area contributed by atoms with Crippen molar-refractivity contribution in [3.63, 3.8) is 0 Å². The molecule has 0 aliphatic rings. The van der Waals surface area contributed by atoms with Gasteiger partial charge in [0.2, 0.25) is 0 Å². The summed E-state index contributed by atoms with van der Waals surface area (Å²) in [7, 11) is 1.64. The summed E-state index contributed by atoms with van der Waals surface area (Å²) in [5.74, 6) is 0.451. The Bertz CT molecular complexity index is 524. The molecule has 92 valence electrons. The van der Waals surface area contributed by atoms with Crippen LogP contribution in [0.5, 0.6) is 0 Å². The van der Waals surface area contributed by atoms with Crippen molar-refractivity contribution >= 4 is 22.6 Å². The summed E-state index contributed by atoms with van der Waals surface area (Å²) in [5.41, 5.74) is 1.51. The van der Waals surface area contributed by atoms with Gasteiger partial charge in [0.15, 0.2) is 0 Å². The Balaban J connectivity index is 2.54. The summed E-state index contributed by atoms with van der Waals surface area (Å²) < 4.78 is 20.1. The number of nitrogens with zero attached hydrogens (tertiary/aromatic N) is 2. The molecular formula is C12H14ClFN2O. The molecule has 0 aliphatic carbocycles. The summed E-state index contributed by atoms with van der Waals surface area (Å²) in [6.45, 7) is 3.08. The van der Waals surface area contributed by atoms with Gasteiger partial charge in [-0.1, -0.05) is 0 Å². The molecule has 17 heavy (non-hydrogen) atoms. The fraction of sp³-hybridized carbons (Fsp3) is 0.417. The predicted octanol–water partition coefficient (Wildman–Crippen LogP) is 3.12. The van der Waals surface area contributed by atoms with Crippen LogP contribution in [0.15, 0.2) is 18.2 Å². The first-order valence-electron chi connectivity index (χ1n) is 5.42. The van der Waals surface area contributed by atoms with Crippen LogP contribution in [0.3, 0.4) is 0 Å². The molecular weight excluding hydrogens is 243 g/mol. The van der Waals surface area contributed by atoms with Crippen LogP contribution in [0.1, 0.15) is 18.1 Å². The van der Waals surface area contributed by atoms with Crippen LogP contribution >= 0.6 is 11.6 Å². The Morgan fingerprint density at radius 1 is 1.53 bits per heavy atom. The van der Waals surface area contributed by atoms with Gasteiger partial charge in [0.1, 0.15) is 11.6 Å². The molecule has 0 N–H and O–H groups in total. The van der Waals surface area contributed by atoms with Crippen molar-refractivity contribution in [2.75, 3.05) is 13.7 Å². The van der Waals surface area contributed by atoms with Gasteiger partial charge in [0, 0.05) is 19.7 Å². The number of halogens is 2. The Kier molecular flexibility index (Phi) is 3.64. The predicted molar refractivity (Wildman–Crippen MR) is 65.8 cm³/mol. The summed E-state index contributed by atoms with van der Waals surface area (Å²) >= 11 is 6.08. The van der Waals surface area contributed by atoms with E-state index < -0.39 is 0 Å². The summed E-state index contributed by atoms with van der Waals surface area (Å²) in [4.78, 5) is 4.36. The van der Waals surface area contributed by atoms with Gasteiger partial charge in [0.05, 0.1) is 23.0 Å². The van der Waals surface area contributed by atoms with Gasteiger partial charge in [-0.25, -0.2) is 9.37 Å². The largest absolute Gasteiger partial charge is 0.383 e. The number of benzene rings is 1. The number of aromatic nitrogens is 2. The Labute approximate surface area is 104 Å². The van der Waals surface area contributed by atoms with Crippen molar-refractivity contribution < 1.29 is 9.13 Å². The van der Waals surface area contributed by atoms with E-state index in [-0.39, 0.29) is 11.2 Å². The minimum atomic E-state index is -0.289. The van der Waals surface area contributed by atoms with Crippen LogP contribution in [0.25, 0.3) is 11.0 Å². The molecule has 2 rings (SSSR count). The topological polar surface area (TPSA) is 27.1 Å². The average molecular weight is 257 g/mol. The number of ether oxygens (including phenoxy) is 1. The molecule has 0 amide bonds. The van der Waals surface area contributed by atoms with Gasteiger partial charge in [0.25, 0.3) is 0 Å². The van der Waals surface area contributed by atoms with Crippen LogP contribution in [0.2, 0.25) is 0 Å². The maximum Gasteiger partial charge on any atom is 0.127 e. The summed E-state index contributed by atoms with van der Waals surface area (Å²) in [6, 6.07) is 4.56. The standard InChI is InChI=1S/C12H14ClFN2O/c1-8(13)12-15-10-7-9(14)3-4-11(10)16(12)5-6-17-2/h3-4,7-8H,5-6H2,1-2H3. The van der Waals surface area contributed by atoms with Crippen molar-refractivity contribution in [2.45, 2.75) is 18.8 Å². The Hall–Kier alpha value is -1.13. The van der Waals surface area contributed by atoms with Crippen LogP contribution in [-0.2, 0) is 11.3 Å². The minimum absolute atomic E-state index is 0.220. The van der Waals surface area contributed by atoms with E-state index in [1.807, 2.05) is 11.5 Å². The molecule has 0 radical (unpaired) electrons. The second-order valence-corrected chi connectivity index (χ2v) is 4.52. The van der Waals surface area contributed by atoms with E-state index in [1.54, 1.807) is 13.2 Å². The smallest absolute Gasteiger partial charge is 0.127 e. The zero-order valence-electron chi connectivity index (χ0n) is 9.78. The molecule has 0 fully saturated rings. The number of imidazole rings is 1. The minimum Gasteiger partial charge on any atom is -0.383 e. The van der Waals surface area contributed by atoms with Crippen LogP contribution < -0.4 is 0 Å². The maximum absolute atomic E-state index is 13.1. The van der Waals surface area contributed by atoms with Gasteiger partial charge in [-0.05, 0) is 19.1 Å². The van der Waals surface area contributed by atoms with E-state index in [0.29, 0.717) is 18.7 Å². The third kappa shape index (κ3) is 2.42. The number of rotatable bonds is 4. The van der Waals surface area contributed by atoms with Gasteiger partial charge in [-0.2, -0.15) is 0 Å². The first-order chi connectivity index (χ1) is 8.13. The first kappa shape index (κ1) is 12.3. The average Bonchev–Trinajstić information content (AvgIpc) is 2.64. The molecule has 0 saturated heterocycles. The summed E-state index contributed by atoms with van der Waals surface area (Å²) in [5, 5.41) is -0.220. The molecule has 2 aromatic rings. The van der Waals surface area contributed by atoms with E-state index in [2.05, 4.69) is 4.98 Å². The van der Waals surface area contributed by atoms with Gasteiger partial charge < -0.3 is 9.30 Å². The highest BCUT2D eigenvalue weighted by molar-refractivity contribution is 6.20. The lowest BCUT2D eigenvalue weighted by Crippen LogP contribution is -2.08. The Morgan fingerprint density at radius 2 is 2.29 bits per heavy atom. The molecule has 1 aromatic heterocycles. The molecule has 1 aromatic carbocycles. The van der Waals surface area contributed by atoms with Crippen LogP contribution in [-0.4, -0.2) is 23.3 Å². The van der Waals surface area contributed by atoms with E-state index >= 15 is 0 Å². The Morgan fingerprint density at radius 3 is 2.94 bits per heavy atom.